The minimum Gasteiger partial charge on any atom is -0.481 e. The number of carboxylic acid groups (broad SMARTS) is 2. The van der Waals surface area contributed by atoms with Crippen LogP contribution in [-0.2, 0) is 9.59 Å². The highest BCUT2D eigenvalue weighted by atomic mass is 19.1. The lowest BCUT2D eigenvalue weighted by molar-refractivity contribution is -0.154. The molecular weight excluding hydrogens is 399 g/mol. The maximum absolute atomic E-state index is 13.4. The van der Waals surface area contributed by atoms with E-state index < -0.39 is 17.4 Å². The zero-order valence-electron chi connectivity index (χ0n) is 17.5. The molecule has 2 aliphatic rings. The molecule has 7 heteroatoms. The summed E-state index contributed by atoms with van der Waals surface area (Å²) >= 11 is 0. The van der Waals surface area contributed by atoms with Crippen molar-refractivity contribution in [3.63, 3.8) is 0 Å². The summed E-state index contributed by atoms with van der Waals surface area (Å²) in [6, 6.07) is 4.75. The highest BCUT2D eigenvalue weighted by Gasteiger charge is 2.46. The molecule has 1 aromatic heterocycles. The van der Waals surface area contributed by atoms with Gasteiger partial charge in [0.1, 0.15) is 5.82 Å². The van der Waals surface area contributed by atoms with Crippen molar-refractivity contribution in [2.24, 2.45) is 11.3 Å². The number of rotatable bonds is 6. The largest absolute Gasteiger partial charge is 0.481 e. The fourth-order valence-electron chi connectivity index (χ4n) is 4.90. The van der Waals surface area contributed by atoms with Gasteiger partial charge in [-0.25, -0.2) is 9.18 Å². The van der Waals surface area contributed by atoms with Gasteiger partial charge in [0.2, 0.25) is 0 Å². The van der Waals surface area contributed by atoms with Crippen molar-refractivity contribution in [1.29, 1.82) is 0 Å². The molecule has 0 amide bonds. The van der Waals surface area contributed by atoms with Gasteiger partial charge in [-0.2, -0.15) is 0 Å². The van der Waals surface area contributed by atoms with E-state index in [0.717, 1.165) is 29.4 Å². The van der Waals surface area contributed by atoms with Crippen LogP contribution in [0.25, 0.3) is 16.5 Å². The number of hydrogen-bond acceptors (Lipinski definition) is 3. The average molecular weight is 426 g/mol. The summed E-state index contributed by atoms with van der Waals surface area (Å²) in [6.07, 6.45) is 7.50. The van der Waals surface area contributed by atoms with Gasteiger partial charge in [-0.3, -0.25) is 9.69 Å². The summed E-state index contributed by atoms with van der Waals surface area (Å²) < 4.78 is 13.4. The summed E-state index contributed by atoms with van der Waals surface area (Å²) in [6.45, 7) is 4.00. The molecule has 3 N–H and O–H groups in total. The smallest absolute Gasteiger partial charge is 0.331 e. The number of benzene rings is 1. The Morgan fingerprint density at radius 3 is 2.77 bits per heavy atom. The number of nitrogens with zero attached hydrogens (tertiary/aromatic N) is 1. The number of fused-ring (bicyclic) bond motifs is 1. The quantitative estimate of drug-likeness (QED) is 0.640. The third kappa shape index (κ3) is 4.02. The van der Waals surface area contributed by atoms with Gasteiger partial charge in [0, 0.05) is 41.3 Å². The van der Waals surface area contributed by atoms with Crippen molar-refractivity contribution in [3.05, 3.63) is 53.5 Å². The number of hydrogen-bond donors (Lipinski definition) is 3. The number of H-pyrrole nitrogens is 1. The average Bonchev–Trinajstić information content (AvgIpc) is 3.16. The molecule has 0 fully saturated rings. The Morgan fingerprint density at radius 2 is 2.10 bits per heavy atom. The molecule has 1 aliphatic heterocycles. The SMILES string of the molecule is CC1CC=C(C(=O)O)CC1(CCN1CC=C(c2c[nH]c3cc(F)ccc23)CC1)C(=O)O. The zero-order chi connectivity index (χ0) is 22.2. The lowest BCUT2D eigenvalue weighted by Gasteiger charge is -2.39. The summed E-state index contributed by atoms with van der Waals surface area (Å²) in [5.74, 6) is -2.32. The highest BCUT2D eigenvalue weighted by Crippen LogP contribution is 2.44. The van der Waals surface area contributed by atoms with Crippen LogP contribution in [-0.4, -0.2) is 51.7 Å². The number of carboxylic acids is 2. The molecule has 31 heavy (non-hydrogen) atoms. The van der Waals surface area contributed by atoms with Gasteiger partial charge in [0.25, 0.3) is 0 Å². The van der Waals surface area contributed by atoms with Gasteiger partial charge in [-0.1, -0.05) is 19.1 Å². The molecule has 2 aromatic rings. The van der Waals surface area contributed by atoms with Gasteiger partial charge < -0.3 is 15.2 Å². The summed E-state index contributed by atoms with van der Waals surface area (Å²) in [5, 5.41) is 20.4. The van der Waals surface area contributed by atoms with Crippen molar-refractivity contribution in [2.75, 3.05) is 19.6 Å². The van der Waals surface area contributed by atoms with E-state index in [9.17, 15) is 24.2 Å². The fourth-order valence-corrected chi connectivity index (χ4v) is 4.90. The van der Waals surface area contributed by atoms with Crippen LogP contribution in [0.1, 0.15) is 38.2 Å². The maximum atomic E-state index is 13.4. The number of aliphatic carboxylic acids is 2. The van der Waals surface area contributed by atoms with Crippen LogP contribution in [0, 0.1) is 17.2 Å². The Bertz CT molecular complexity index is 1090. The topological polar surface area (TPSA) is 93.6 Å². The molecule has 0 spiro atoms. The van der Waals surface area contributed by atoms with Crippen LogP contribution in [0.15, 0.2) is 42.1 Å². The molecule has 0 saturated heterocycles. The standard InChI is InChI=1S/C24H27FN2O4/c1-15-2-3-17(22(28)29)13-24(15,23(30)31)8-11-27-9-6-16(7-10-27)20-14-26-21-12-18(25)4-5-19(20)21/h3-6,12,14-15,26H,2,7-11,13H2,1H3,(H,28,29)(H,30,31). The first-order chi connectivity index (χ1) is 14.8. The molecule has 0 radical (unpaired) electrons. The third-order valence-electron chi connectivity index (χ3n) is 7.02. The molecule has 2 atom stereocenters. The molecule has 0 bridgehead atoms. The van der Waals surface area contributed by atoms with Crippen LogP contribution >= 0.6 is 0 Å². The second-order valence-corrected chi connectivity index (χ2v) is 8.73. The fraction of sp³-hybridized carbons (Fsp3) is 0.417. The van der Waals surface area contributed by atoms with E-state index in [0.29, 0.717) is 25.9 Å². The van der Waals surface area contributed by atoms with E-state index in [1.807, 2.05) is 13.1 Å². The second kappa shape index (κ2) is 8.30. The zero-order valence-corrected chi connectivity index (χ0v) is 17.5. The van der Waals surface area contributed by atoms with Crippen LogP contribution in [0.4, 0.5) is 4.39 Å². The van der Waals surface area contributed by atoms with Gasteiger partial charge in [-0.15, -0.1) is 0 Å². The Balaban J connectivity index is 1.45. The first-order valence-corrected chi connectivity index (χ1v) is 10.6. The number of aromatic amines is 1. The third-order valence-corrected chi connectivity index (χ3v) is 7.02. The van der Waals surface area contributed by atoms with E-state index >= 15 is 0 Å². The van der Waals surface area contributed by atoms with Crippen LogP contribution in [0.5, 0.6) is 0 Å². The number of halogens is 1. The number of allylic oxidation sites excluding steroid dienone is 1. The van der Waals surface area contributed by atoms with E-state index in [1.165, 1.54) is 17.7 Å². The molecule has 1 aromatic carbocycles. The summed E-state index contributed by atoms with van der Waals surface area (Å²) in [7, 11) is 0. The molecule has 4 rings (SSSR count). The van der Waals surface area contributed by atoms with Crippen molar-refractivity contribution in [1.82, 2.24) is 9.88 Å². The Morgan fingerprint density at radius 1 is 1.29 bits per heavy atom. The summed E-state index contributed by atoms with van der Waals surface area (Å²) in [5.41, 5.74) is 2.21. The number of carbonyl (C=O) groups is 2. The van der Waals surface area contributed by atoms with Gasteiger partial charge in [0.15, 0.2) is 0 Å². The molecule has 2 unspecified atom stereocenters. The van der Waals surface area contributed by atoms with E-state index in [1.54, 1.807) is 12.1 Å². The van der Waals surface area contributed by atoms with Gasteiger partial charge in [-0.05, 0) is 61.9 Å². The Hall–Kier alpha value is -2.93. The molecular formula is C24H27FN2O4. The highest BCUT2D eigenvalue weighted by molar-refractivity contribution is 5.93. The lowest BCUT2D eigenvalue weighted by atomic mass is 9.65. The lowest BCUT2D eigenvalue weighted by Crippen LogP contribution is -2.44. The minimum absolute atomic E-state index is 0.0691. The van der Waals surface area contributed by atoms with Gasteiger partial charge in [0.05, 0.1) is 5.41 Å². The van der Waals surface area contributed by atoms with Crippen molar-refractivity contribution in [2.45, 2.75) is 32.6 Å². The van der Waals surface area contributed by atoms with Crippen LogP contribution in [0.3, 0.4) is 0 Å². The maximum Gasteiger partial charge on any atom is 0.331 e. The first kappa shape index (κ1) is 21.3. The normalized spacial score (nSPS) is 24.6. The number of aromatic nitrogens is 1. The first-order valence-electron chi connectivity index (χ1n) is 10.6. The minimum atomic E-state index is -1.05. The molecule has 164 valence electrons. The van der Waals surface area contributed by atoms with Crippen LogP contribution < -0.4 is 0 Å². The molecule has 1 aliphatic carbocycles. The van der Waals surface area contributed by atoms with Crippen molar-refractivity contribution >= 4 is 28.4 Å². The predicted molar refractivity (Wildman–Crippen MR) is 116 cm³/mol. The van der Waals surface area contributed by atoms with Crippen molar-refractivity contribution < 1.29 is 24.2 Å². The monoisotopic (exact) mass is 426 g/mol. The molecule has 2 heterocycles. The van der Waals surface area contributed by atoms with E-state index in [4.69, 9.17) is 0 Å². The Kier molecular flexibility index (Phi) is 5.71. The van der Waals surface area contributed by atoms with E-state index in [-0.39, 0.29) is 23.7 Å². The predicted octanol–water partition coefficient (Wildman–Crippen LogP) is 4.30. The molecule has 0 saturated carbocycles. The van der Waals surface area contributed by atoms with Crippen LogP contribution in [0.2, 0.25) is 0 Å². The van der Waals surface area contributed by atoms with E-state index in [2.05, 4.69) is 16.0 Å². The Labute approximate surface area is 180 Å². The molecule has 6 nitrogen and oxygen atoms in total. The van der Waals surface area contributed by atoms with Crippen molar-refractivity contribution in [3.8, 4) is 0 Å². The number of nitrogens with one attached hydrogen (secondary N) is 1. The summed E-state index contributed by atoms with van der Waals surface area (Å²) in [4.78, 5) is 29.0. The second-order valence-electron chi connectivity index (χ2n) is 8.73. The van der Waals surface area contributed by atoms with Gasteiger partial charge >= 0.3 is 11.9 Å².